The van der Waals surface area contributed by atoms with Gasteiger partial charge in [-0.15, -0.1) is 0 Å². The van der Waals surface area contributed by atoms with E-state index in [1.165, 1.54) is 5.56 Å². The molecule has 2 nitrogen and oxygen atoms in total. The number of nitrogens with two attached hydrogens (primary N) is 1. The molecule has 0 saturated heterocycles. The molecule has 3 heteroatoms. The monoisotopic (exact) mass is 360 g/mol. The lowest BCUT2D eigenvalue weighted by molar-refractivity contribution is -0.737. The Kier molecular flexibility index (Phi) is 6.53. The molecule has 0 heterocycles. The van der Waals surface area contributed by atoms with Crippen molar-refractivity contribution in [2.75, 3.05) is 0 Å². The molecule has 0 aliphatic carbocycles. The van der Waals surface area contributed by atoms with Crippen molar-refractivity contribution in [2.45, 2.75) is 59.7 Å². The minimum atomic E-state index is 0.164. The molecule has 0 atom stereocenters. The maximum Gasteiger partial charge on any atom is 0.128 e. The Bertz CT molecular complexity index is 674. The van der Waals surface area contributed by atoms with Gasteiger partial charge >= 0.3 is 0 Å². The summed E-state index contributed by atoms with van der Waals surface area (Å²) in [5, 5.41) is 3.14. The summed E-state index contributed by atoms with van der Waals surface area (Å²) >= 11 is 6.22. The maximum absolute atomic E-state index is 6.22. The topological polar surface area (TPSA) is 25.8 Å². The number of hydrogen-bond acceptors (Lipinski definition) is 1. The molecule has 136 valence electrons. The Labute approximate surface area is 157 Å². The van der Waals surface area contributed by atoms with Crippen molar-refractivity contribution in [3.05, 3.63) is 64.7 Å². The minimum Gasteiger partial charge on any atom is -0.488 e. The molecule has 0 saturated carbocycles. The van der Waals surface area contributed by atoms with Crippen molar-refractivity contribution in [3.63, 3.8) is 0 Å². The fourth-order valence-corrected chi connectivity index (χ4v) is 3.60. The van der Waals surface area contributed by atoms with E-state index >= 15 is 0 Å². The first kappa shape index (κ1) is 19.8. The molecule has 2 aromatic carbocycles. The van der Waals surface area contributed by atoms with E-state index in [0.29, 0.717) is 12.0 Å². The van der Waals surface area contributed by atoms with Gasteiger partial charge in [-0.1, -0.05) is 62.7 Å². The fraction of sp³-hybridized carbons (Fsp3) is 0.455. The summed E-state index contributed by atoms with van der Waals surface area (Å²) in [6.07, 6.45) is 1.14. The van der Waals surface area contributed by atoms with Crippen LogP contribution in [0.5, 0.6) is 5.75 Å². The largest absolute Gasteiger partial charge is 0.488 e. The quantitative estimate of drug-likeness (QED) is 0.721. The van der Waals surface area contributed by atoms with Gasteiger partial charge in [-0.25, -0.2) is 0 Å². The molecule has 0 spiro atoms. The Morgan fingerprint density at radius 1 is 0.960 bits per heavy atom. The number of quaternary nitrogens is 1. The Balaban J connectivity index is 2.05. The lowest BCUT2D eigenvalue weighted by atomic mass is 9.82. The van der Waals surface area contributed by atoms with Crippen molar-refractivity contribution >= 4 is 11.6 Å². The van der Waals surface area contributed by atoms with Gasteiger partial charge in [-0.2, -0.15) is 0 Å². The highest BCUT2D eigenvalue weighted by atomic mass is 35.5. The predicted octanol–water partition coefficient (Wildman–Crippen LogP) is 5.20. The normalized spacial score (nSPS) is 12.2. The SMILES string of the molecule is CC(C)(C)CC(C)(C)[NH2+]Cc1cc(Cl)ccc1OCc1ccccc1. The maximum atomic E-state index is 6.22. The highest BCUT2D eigenvalue weighted by molar-refractivity contribution is 6.30. The second-order valence-electron chi connectivity index (χ2n) is 8.66. The minimum absolute atomic E-state index is 0.164. The second kappa shape index (κ2) is 8.25. The summed E-state index contributed by atoms with van der Waals surface area (Å²) in [7, 11) is 0. The zero-order chi connectivity index (χ0) is 18.5. The molecule has 0 radical (unpaired) electrons. The number of rotatable bonds is 7. The molecule has 0 bridgehead atoms. The Morgan fingerprint density at radius 3 is 2.28 bits per heavy atom. The first-order chi connectivity index (χ1) is 11.6. The standard InChI is InChI=1S/C22H30ClNO/c1-21(2,3)16-22(4,5)24-14-18-13-19(23)11-12-20(18)25-15-17-9-7-6-8-10-17/h6-13,24H,14-16H2,1-5H3/p+1. The van der Waals surface area contributed by atoms with Gasteiger partial charge in [-0.05, 0) is 43.0 Å². The van der Waals surface area contributed by atoms with Crippen LogP contribution in [0.2, 0.25) is 5.02 Å². The number of benzene rings is 2. The molecule has 25 heavy (non-hydrogen) atoms. The van der Waals surface area contributed by atoms with Crippen molar-refractivity contribution in [2.24, 2.45) is 5.41 Å². The summed E-state index contributed by atoms with van der Waals surface area (Å²) in [5.41, 5.74) is 2.78. The van der Waals surface area contributed by atoms with E-state index in [-0.39, 0.29) is 5.54 Å². The van der Waals surface area contributed by atoms with Gasteiger partial charge in [-0.3, -0.25) is 0 Å². The van der Waals surface area contributed by atoms with Crippen LogP contribution in [0.1, 0.15) is 52.2 Å². The van der Waals surface area contributed by atoms with Crippen LogP contribution in [0.4, 0.5) is 0 Å². The first-order valence-corrected chi connectivity index (χ1v) is 9.32. The highest BCUT2D eigenvalue weighted by Gasteiger charge is 2.28. The van der Waals surface area contributed by atoms with Crippen molar-refractivity contribution in [1.82, 2.24) is 0 Å². The van der Waals surface area contributed by atoms with Gasteiger partial charge in [0, 0.05) is 17.0 Å². The summed E-state index contributed by atoms with van der Waals surface area (Å²) < 4.78 is 6.07. The summed E-state index contributed by atoms with van der Waals surface area (Å²) in [6.45, 7) is 12.9. The Morgan fingerprint density at radius 2 is 1.64 bits per heavy atom. The zero-order valence-corrected chi connectivity index (χ0v) is 16.9. The number of hydrogen-bond donors (Lipinski definition) is 1. The predicted molar refractivity (Wildman–Crippen MR) is 106 cm³/mol. The van der Waals surface area contributed by atoms with E-state index in [1.54, 1.807) is 0 Å². The zero-order valence-electron chi connectivity index (χ0n) is 16.1. The lowest BCUT2D eigenvalue weighted by Gasteiger charge is -2.30. The molecule has 2 aromatic rings. The van der Waals surface area contributed by atoms with Crippen molar-refractivity contribution in [1.29, 1.82) is 0 Å². The summed E-state index contributed by atoms with van der Waals surface area (Å²) in [5.74, 6) is 0.913. The molecular weight excluding hydrogens is 330 g/mol. The molecule has 0 aliphatic heterocycles. The van der Waals surface area contributed by atoms with Crippen LogP contribution in [0.3, 0.4) is 0 Å². The van der Waals surface area contributed by atoms with Crippen LogP contribution in [-0.2, 0) is 13.2 Å². The van der Waals surface area contributed by atoms with Gasteiger partial charge in [0.15, 0.2) is 0 Å². The number of halogens is 1. The molecule has 0 aromatic heterocycles. The van der Waals surface area contributed by atoms with Crippen LogP contribution >= 0.6 is 11.6 Å². The Hall–Kier alpha value is -1.51. The van der Waals surface area contributed by atoms with Crippen LogP contribution in [0, 0.1) is 5.41 Å². The molecule has 0 unspecified atom stereocenters. The van der Waals surface area contributed by atoms with E-state index in [2.05, 4.69) is 52.1 Å². The third-order valence-electron chi connectivity index (χ3n) is 4.12. The highest BCUT2D eigenvalue weighted by Crippen LogP contribution is 2.26. The van der Waals surface area contributed by atoms with E-state index in [9.17, 15) is 0 Å². The third-order valence-corrected chi connectivity index (χ3v) is 4.36. The summed E-state index contributed by atoms with van der Waals surface area (Å²) in [4.78, 5) is 0. The molecule has 0 amide bonds. The third kappa shape index (κ3) is 7.09. The van der Waals surface area contributed by atoms with Gasteiger partial charge in [0.2, 0.25) is 0 Å². The summed E-state index contributed by atoms with van der Waals surface area (Å²) in [6, 6.07) is 16.1. The van der Waals surface area contributed by atoms with Crippen LogP contribution in [-0.4, -0.2) is 5.54 Å². The molecule has 2 N–H and O–H groups in total. The second-order valence-corrected chi connectivity index (χ2v) is 9.10. The van der Waals surface area contributed by atoms with Crippen molar-refractivity contribution in [3.8, 4) is 5.75 Å². The van der Waals surface area contributed by atoms with Gasteiger partial charge in [0.1, 0.15) is 18.9 Å². The van der Waals surface area contributed by atoms with Gasteiger partial charge in [0.05, 0.1) is 5.54 Å². The average Bonchev–Trinajstić information content (AvgIpc) is 2.51. The van der Waals surface area contributed by atoms with Crippen LogP contribution in [0.15, 0.2) is 48.5 Å². The van der Waals surface area contributed by atoms with Gasteiger partial charge < -0.3 is 10.1 Å². The smallest absolute Gasteiger partial charge is 0.128 e. The molecule has 0 aliphatic rings. The van der Waals surface area contributed by atoms with Crippen LogP contribution < -0.4 is 10.1 Å². The lowest BCUT2D eigenvalue weighted by Crippen LogP contribution is -2.94. The van der Waals surface area contributed by atoms with Crippen molar-refractivity contribution < 1.29 is 10.1 Å². The molecule has 2 rings (SSSR count). The number of ether oxygens (including phenoxy) is 1. The van der Waals surface area contributed by atoms with E-state index in [4.69, 9.17) is 16.3 Å². The van der Waals surface area contributed by atoms with E-state index in [1.807, 2.05) is 36.4 Å². The molecular formula is C22H31ClNO+. The van der Waals surface area contributed by atoms with Gasteiger partial charge in [0.25, 0.3) is 0 Å². The van der Waals surface area contributed by atoms with Crippen LogP contribution in [0.25, 0.3) is 0 Å². The van der Waals surface area contributed by atoms with E-state index in [0.717, 1.165) is 29.3 Å². The average molecular weight is 361 g/mol. The molecule has 0 fully saturated rings. The fourth-order valence-electron chi connectivity index (χ4n) is 3.41. The first-order valence-electron chi connectivity index (χ1n) is 8.94. The van der Waals surface area contributed by atoms with E-state index < -0.39 is 0 Å².